The third-order valence-electron chi connectivity index (χ3n) is 2.21. The monoisotopic (exact) mass is 358 g/mol. The second-order valence-corrected chi connectivity index (χ2v) is 5.20. The lowest BCUT2D eigenvalue weighted by atomic mass is 10.2. The molecule has 2 nitrogen and oxygen atoms in total. The largest absolute Gasteiger partial charge is 0.365 e. The van der Waals surface area contributed by atoms with Crippen LogP contribution in [0.4, 0.5) is 10.2 Å². The molecule has 0 aliphatic carbocycles. The number of aromatic nitrogens is 1. The first-order valence-corrected chi connectivity index (χ1v) is 6.54. The van der Waals surface area contributed by atoms with Crippen LogP contribution in [0.15, 0.2) is 45.5 Å². The fourth-order valence-electron chi connectivity index (χ4n) is 1.37. The first-order chi connectivity index (χ1) is 8.16. The molecule has 0 saturated carbocycles. The lowest BCUT2D eigenvalue weighted by Crippen LogP contribution is -2.03. The van der Waals surface area contributed by atoms with Crippen LogP contribution in [-0.2, 0) is 6.54 Å². The Morgan fingerprint density at radius 3 is 2.71 bits per heavy atom. The smallest absolute Gasteiger partial charge is 0.140 e. The van der Waals surface area contributed by atoms with Crippen LogP contribution < -0.4 is 5.32 Å². The van der Waals surface area contributed by atoms with Gasteiger partial charge in [0.25, 0.3) is 0 Å². The Morgan fingerprint density at radius 2 is 2.00 bits per heavy atom. The number of halogens is 3. The number of hydrogen-bond donors (Lipinski definition) is 1. The van der Waals surface area contributed by atoms with Crippen molar-refractivity contribution in [3.05, 3.63) is 56.9 Å². The number of anilines is 1. The predicted octanol–water partition coefficient (Wildman–Crippen LogP) is 4.36. The third-order valence-corrected chi connectivity index (χ3v) is 3.25. The highest BCUT2D eigenvalue weighted by Crippen LogP contribution is 2.24. The van der Waals surface area contributed by atoms with Gasteiger partial charge in [-0.2, -0.15) is 0 Å². The van der Waals surface area contributed by atoms with Gasteiger partial charge in [-0.05, 0) is 44.0 Å². The van der Waals surface area contributed by atoms with Crippen molar-refractivity contribution in [3.63, 3.8) is 0 Å². The van der Waals surface area contributed by atoms with Crippen molar-refractivity contribution in [1.82, 2.24) is 4.98 Å². The van der Waals surface area contributed by atoms with Gasteiger partial charge in [-0.25, -0.2) is 9.37 Å². The lowest BCUT2D eigenvalue weighted by Gasteiger charge is -2.08. The summed E-state index contributed by atoms with van der Waals surface area (Å²) in [5.41, 5.74) is 0.615. The van der Waals surface area contributed by atoms with Gasteiger partial charge in [-0.1, -0.05) is 18.2 Å². The number of nitrogens with zero attached hydrogens (tertiary/aromatic N) is 1. The van der Waals surface area contributed by atoms with Gasteiger partial charge in [0, 0.05) is 22.8 Å². The summed E-state index contributed by atoms with van der Waals surface area (Å²) in [6, 6.07) is 8.56. The molecule has 0 spiro atoms. The minimum absolute atomic E-state index is 0.215. The summed E-state index contributed by atoms with van der Waals surface area (Å²) < 4.78 is 15.1. The summed E-state index contributed by atoms with van der Waals surface area (Å²) in [7, 11) is 0. The quantitative estimate of drug-likeness (QED) is 0.880. The predicted molar refractivity (Wildman–Crippen MR) is 73.4 cm³/mol. The zero-order valence-electron chi connectivity index (χ0n) is 8.75. The number of hydrogen-bond acceptors (Lipinski definition) is 2. The van der Waals surface area contributed by atoms with Crippen LogP contribution in [0.2, 0.25) is 0 Å². The normalized spacial score (nSPS) is 10.3. The summed E-state index contributed by atoms with van der Waals surface area (Å²) in [5.74, 6) is 0.477. The highest BCUT2D eigenvalue weighted by atomic mass is 79.9. The van der Waals surface area contributed by atoms with Crippen LogP contribution in [0.3, 0.4) is 0 Å². The minimum atomic E-state index is -0.215. The van der Waals surface area contributed by atoms with Crippen molar-refractivity contribution in [2.45, 2.75) is 6.54 Å². The summed E-state index contributed by atoms with van der Waals surface area (Å²) >= 11 is 6.71. The SMILES string of the molecule is Fc1ccccc1CNc1ncc(Br)cc1Br. The van der Waals surface area contributed by atoms with Crippen molar-refractivity contribution < 1.29 is 4.39 Å². The van der Waals surface area contributed by atoms with Gasteiger partial charge in [0.05, 0.1) is 4.47 Å². The molecule has 2 aromatic rings. The molecule has 88 valence electrons. The van der Waals surface area contributed by atoms with E-state index in [-0.39, 0.29) is 5.82 Å². The Labute approximate surface area is 116 Å². The Bertz CT molecular complexity index is 532. The Kier molecular flexibility index (Phi) is 4.12. The van der Waals surface area contributed by atoms with Crippen molar-refractivity contribution in [1.29, 1.82) is 0 Å². The van der Waals surface area contributed by atoms with E-state index in [9.17, 15) is 4.39 Å². The fraction of sp³-hybridized carbons (Fsp3) is 0.0833. The van der Waals surface area contributed by atoms with Crippen LogP contribution in [0.1, 0.15) is 5.56 Å². The van der Waals surface area contributed by atoms with Gasteiger partial charge in [0.15, 0.2) is 0 Å². The van der Waals surface area contributed by atoms with Gasteiger partial charge in [-0.3, -0.25) is 0 Å². The van der Waals surface area contributed by atoms with E-state index in [1.54, 1.807) is 18.3 Å². The fourth-order valence-corrected chi connectivity index (χ4v) is 2.49. The van der Waals surface area contributed by atoms with Crippen LogP contribution in [0.5, 0.6) is 0 Å². The average Bonchev–Trinajstić information content (AvgIpc) is 2.30. The van der Waals surface area contributed by atoms with E-state index in [1.165, 1.54) is 6.07 Å². The van der Waals surface area contributed by atoms with Crippen LogP contribution in [0.25, 0.3) is 0 Å². The maximum atomic E-state index is 13.4. The number of benzene rings is 1. The summed E-state index contributed by atoms with van der Waals surface area (Å²) in [6.07, 6.45) is 1.69. The lowest BCUT2D eigenvalue weighted by molar-refractivity contribution is 0.613. The molecule has 0 amide bonds. The van der Waals surface area contributed by atoms with E-state index in [0.29, 0.717) is 17.9 Å². The Balaban J connectivity index is 2.10. The van der Waals surface area contributed by atoms with Gasteiger partial charge >= 0.3 is 0 Å². The maximum absolute atomic E-state index is 13.4. The zero-order chi connectivity index (χ0) is 12.3. The highest BCUT2D eigenvalue weighted by molar-refractivity contribution is 9.11. The molecule has 2 rings (SSSR count). The first kappa shape index (κ1) is 12.5. The number of rotatable bonds is 3. The van der Waals surface area contributed by atoms with Crippen molar-refractivity contribution >= 4 is 37.7 Å². The molecule has 0 aliphatic rings. The Hall–Kier alpha value is -0.940. The van der Waals surface area contributed by atoms with Crippen LogP contribution in [0, 0.1) is 5.82 Å². The summed E-state index contributed by atoms with van der Waals surface area (Å²) in [4.78, 5) is 4.20. The van der Waals surface area contributed by atoms with E-state index in [0.717, 1.165) is 8.95 Å². The standard InChI is InChI=1S/C12H9Br2FN2/c13-9-5-10(14)12(17-7-9)16-6-8-3-1-2-4-11(8)15/h1-5,7H,6H2,(H,16,17). The minimum Gasteiger partial charge on any atom is -0.365 e. The van der Waals surface area contributed by atoms with E-state index in [4.69, 9.17) is 0 Å². The molecule has 5 heteroatoms. The van der Waals surface area contributed by atoms with Crippen LogP contribution in [-0.4, -0.2) is 4.98 Å². The third kappa shape index (κ3) is 3.26. The van der Waals surface area contributed by atoms with E-state index >= 15 is 0 Å². The molecular weight excluding hydrogens is 351 g/mol. The average molecular weight is 360 g/mol. The number of pyridine rings is 1. The zero-order valence-corrected chi connectivity index (χ0v) is 11.9. The van der Waals surface area contributed by atoms with E-state index in [1.807, 2.05) is 12.1 Å². The molecule has 1 N–H and O–H groups in total. The van der Waals surface area contributed by atoms with Gasteiger partial charge in [0.2, 0.25) is 0 Å². The Morgan fingerprint density at radius 1 is 1.24 bits per heavy atom. The summed E-state index contributed by atoms with van der Waals surface area (Å²) in [6.45, 7) is 0.403. The number of nitrogens with one attached hydrogen (secondary N) is 1. The molecule has 0 atom stereocenters. The molecule has 0 aliphatic heterocycles. The van der Waals surface area contributed by atoms with Crippen molar-refractivity contribution in [2.24, 2.45) is 0 Å². The molecule has 0 fully saturated rings. The van der Waals surface area contributed by atoms with Crippen molar-refractivity contribution in [2.75, 3.05) is 5.32 Å². The maximum Gasteiger partial charge on any atom is 0.140 e. The molecular formula is C12H9Br2FN2. The first-order valence-electron chi connectivity index (χ1n) is 4.95. The highest BCUT2D eigenvalue weighted by Gasteiger charge is 2.04. The van der Waals surface area contributed by atoms with E-state index < -0.39 is 0 Å². The van der Waals surface area contributed by atoms with Gasteiger partial charge in [-0.15, -0.1) is 0 Å². The molecule has 1 aromatic heterocycles. The molecule has 0 radical (unpaired) electrons. The topological polar surface area (TPSA) is 24.9 Å². The van der Waals surface area contributed by atoms with Gasteiger partial charge in [0.1, 0.15) is 11.6 Å². The molecule has 1 heterocycles. The van der Waals surface area contributed by atoms with Gasteiger partial charge < -0.3 is 5.32 Å². The molecule has 0 unspecified atom stereocenters. The second kappa shape index (κ2) is 5.60. The molecule has 0 saturated heterocycles. The molecule has 0 bridgehead atoms. The van der Waals surface area contributed by atoms with Crippen molar-refractivity contribution in [3.8, 4) is 0 Å². The molecule has 1 aromatic carbocycles. The summed E-state index contributed by atoms with van der Waals surface area (Å²) in [5, 5.41) is 3.08. The van der Waals surface area contributed by atoms with Crippen LogP contribution >= 0.6 is 31.9 Å². The second-order valence-electron chi connectivity index (χ2n) is 3.43. The molecule has 17 heavy (non-hydrogen) atoms. The van der Waals surface area contributed by atoms with E-state index in [2.05, 4.69) is 42.2 Å².